The molecule has 0 aliphatic heterocycles. The maximum Gasteiger partial charge on any atom is 0.123 e. The second kappa shape index (κ2) is 7.80. The Morgan fingerprint density at radius 1 is 1.16 bits per heavy atom. The zero-order valence-electron chi connectivity index (χ0n) is 11.2. The third-order valence-electron chi connectivity index (χ3n) is 2.41. The summed E-state index contributed by atoms with van der Waals surface area (Å²) in [5.41, 5.74) is 0.811. The van der Waals surface area contributed by atoms with Crippen LogP contribution in [0.3, 0.4) is 0 Å². The van der Waals surface area contributed by atoms with E-state index in [9.17, 15) is 4.39 Å². The van der Waals surface area contributed by atoms with E-state index in [-0.39, 0.29) is 5.82 Å². The first-order chi connectivity index (χ1) is 9.19. The number of hydrogen-bond acceptors (Lipinski definition) is 1. The number of rotatable bonds is 4. The number of ether oxygens (including phenoxy) is 1. The van der Waals surface area contributed by atoms with E-state index in [2.05, 4.69) is 6.58 Å². The second-order valence-electron chi connectivity index (χ2n) is 3.83. The molecular weight excluding hydrogens is 263 g/mol. The van der Waals surface area contributed by atoms with Gasteiger partial charge in [-0.25, -0.2) is 4.39 Å². The van der Waals surface area contributed by atoms with Crippen LogP contribution >= 0.6 is 11.6 Å². The zero-order valence-corrected chi connectivity index (χ0v) is 12.0. The van der Waals surface area contributed by atoms with Crippen LogP contribution in [-0.4, -0.2) is 12.5 Å². The van der Waals surface area contributed by atoms with Crippen LogP contribution in [0.4, 0.5) is 4.39 Å². The lowest BCUT2D eigenvalue weighted by Crippen LogP contribution is -2.00. The first-order valence-electron chi connectivity index (χ1n) is 6.24. The Morgan fingerprint density at radius 3 is 2.53 bits per heavy atom. The van der Waals surface area contributed by atoms with Crippen molar-refractivity contribution < 1.29 is 9.13 Å². The summed E-state index contributed by atoms with van der Waals surface area (Å²) in [7, 11) is 0. The van der Waals surface area contributed by atoms with Crippen LogP contribution < -0.4 is 4.74 Å². The Bertz CT molecular complexity index is 551. The van der Waals surface area contributed by atoms with Crippen LogP contribution in [0.2, 0.25) is 0 Å². The van der Waals surface area contributed by atoms with E-state index in [0.29, 0.717) is 18.2 Å². The third-order valence-corrected chi connectivity index (χ3v) is 2.78. The summed E-state index contributed by atoms with van der Waals surface area (Å²) in [5.74, 6) is 0.816. The molecule has 0 aromatic heterocycles. The van der Waals surface area contributed by atoms with Gasteiger partial charge in [-0.1, -0.05) is 32.6 Å². The Hall–Kier alpha value is -1.54. The SMILES string of the molecule is C=C(CCl)COc1ccc2ccc(F)cc2c1.CC. The highest BCUT2D eigenvalue weighted by atomic mass is 35.5. The fraction of sp³-hybridized carbons (Fsp3) is 0.250. The van der Waals surface area contributed by atoms with E-state index < -0.39 is 0 Å². The van der Waals surface area contributed by atoms with E-state index >= 15 is 0 Å². The Labute approximate surface area is 118 Å². The monoisotopic (exact) mass is 280 g/mol. The van der Waals surface area contributed by atoms with Crippen molar-refractivity contribution in [2.24, 2.45) is 0 Å². The predicted octanol–water partition coefficient (Wildman–Crippen LogP) is 5.18. The minimum Gasteiger partial charge on any atom is -0.489 e. The molecule has 0 aliphatic rings. The molecule has 0 aliphatic carbocycles. The van der Waals surface area contributed by atoms with Gasteiger partial charge in [0, 0.05) is 5.88 Å². The van der Waals surface area contributed by atoms with Crippen molar-refractivity contribution in [3.63, 3.8) is 0 Å². The molecule has 0 bridgehead atoms. The fourth-order valence-electron chi connectivity index (χ4n) is 1.51. The molecule has 0 unspecified atom stereocenters. The molecule has 0 spiro atoms. The van der Waals surface area contributed by atoms with Gasteiger partial charge in [0.2, 0.25) is 0 Å². The van der Waals surface area contributed by atoms with Gasteiger partial charge in [0.1, 0.15) is 18.2 Å². The summed E-state index contributed by atoms with van der Waals surface area (Å²) < 4.78 is 18.6. The quantitative estimate of drug-likeness (QED) is 0.554. The van der Waals surface area contributed by atoms with Gasteiger partial charge in [0.05, 0.1) is 0 Å². The van der Waals surface area contributed by atoms with Gasteiger partial charge in [0.25, 0.3) is 0 Å². The largest absolute Gasteiger partial charge is 0.489 e. The van der Waals surface area contributed by atoms with Gasteiger partial charge in [0.15, 0.2) is 0 Å². The summed E-state index contributed by atoms with van der Waals surface area (Å²) in [6.07, 6.45) is 0. The van der Waals surface area contributed by atoms with Gasteiger partial charge >= 0.3 is 0 Å². The summed E-state index contributed by atoms with van der Waals surface area (Å²) in [6, 6.07) is 10.2. The molecule has 0 atom stereocenters. The van der Waals surface area contributed by atoms with Crippen molar-refractivity contribution >= 4 is 22.4 Å². The fourth-order valence-corrected chi connectivity index (χ4v) is 1.59. The van der Waals surface area contributed by atoms with Crippen LogP contribution in [0.15, 0.2) is 48.6 Å². The minimum atomic E-state index is -0.250. The minimum absolute atomic E-state index is 0.250. The normalized spacial score (nSPS) is 9.68. The van der Waals surface area contributed by atoms with Gasteiger partial charge in [-0.05, 0) is 40.6 Å². The van der Waals surface area contributed by atoms with Crippen LogP contribution in [-0.2, 0) is 0 Å². The van der Waals surface area contributed by atoms with Crippen molar-refractivity contribution in [3.8, 4) is 5.75 Å². The van der Waals surface area contributed by atoms with E-state index in [0.717, 1.165) is 16.3 Å². The van der Waals surface area contributed by atoms with Crippen molar-refractivity contribution in [2.75, 3.05) is 12.5 Å². The maximum atomic E-state index is 13.1. The van der Waals surface area contributed by atoms with E-state index in [4.69, 9.17) is 16.3 Å². The highest BCUT2D eigenvalue weighted by Crippen LogP contribution is 2.22. The number of alkyl halides is 1. The molecule has 0 heterocycles. The van der Waals surface area contributed by atoms with Crippen LogP contribution in [0.5, 0.6) is 5.75 Å². The summed E-state index contributed by atoms with van der Waals surface area (Å²) in [6.45, 7) is 8.13. The van der Waals surface area contributed by atoms with Gasteiger partial charge in [-0.15, -0.1) is 11.6 Å². The average molecular weight is 281 g/mol. The van der Waals surface area contributed by atoms with Crippen molar-refractivity contribution in [1.82, 2.24) is 0 Å². The van der Waals surface area contributed by atoms with Crippen LogP contribution in [0.1, 0.15) is 13.8 Å². The second-order valence-corrected chi connectivity index (χ2v) is 4.09. The molecule has 0 radical (unpaired) electrons. The molecule has 0 N–H and O–H groups in total. The van der Waals surface area contributed by atoms with Crippen molar-refractivity contribution in [1.29, 1.82) is 0 Å². The van der Waals surface area contributed by atoms with E-state index in [1.165, 1.54) is 12.1 Å². The number of fused-ring (bicyclic) bond motifs is 1. The lowest BCUT2D eigenvalue weighted by molar-refractivity contribution is 0.353. The van der Waals surface area contributed by atoms with E-state index in [1.807, 2.05) is 26.0 Å². The summed E-state index contributed by atoms with van der Waals surface area (Å²) >= 11 is 5.60. The Balaban J connectivity index is 0.000000861. The van der Waals surface area contributed by atoms with Crippen LogP contribution in [0.25, 0.3) is 10.8 Å². The molecular formula is C16H18ClFO. The van der Waals surface area contributed by atoms with Crippen molar-refractivity contribution in [3.05, 3.63) is 54.4 Å². The molecule has 19 heavy (non-hydrogen) atoms. The number of hydrogen-bond donors (Lipinski definition) is 0. The summed E-state index contributed by atoms with van der Waals surface area (Å²) in [4.78, 5) is 0. The topological polar surface area (TPSA) is 9.23 Å². The number of halogens is 2. The molecule has 2 aromatic carbocycles. The predicted molar refractivity (Wildman–Crippen MR) is 80.6 cm³/mol. The molecule has 2 rings (SSSR count). The molecule has 1 nitrogen and oxygen atoms in total. The van der Waals surface area contributed by atoms with Crippen LogP contribution in [0, 0.1) is 5.82 Å². The smallest absolute Gasteiger partial charge is 0.123 e. The average Bonchev–Trinajstić information content (AvgIpc) is 2.46. The summed E-state index contributed by atoms with van der Waals surface area (Å²) in [5, 5.41) is 1.80. The highest BCUT2D eigenvalue weighted by molar-refractivity contribution is 6.19. The first kappa shape index (κ1) is 15.5. The molecule has 102 valence electrons. The Morgan fingerprint density at radius 2 is 1.84 bits per heavy atom. The molecule has 3 heteroatoms. The highest BCUT2D eigenvalue weighted by Gasteiger charge is 2.00. The lowest BCUT2D eigenvalue weighted by Gasteiger charge is -2.07. The first-order valence-corrected chi connectivity index (χ1v) is 6.77. The standard InChI is InChI=1S/C14H12ClFO.C2H6/c1-10(8-15)9-17-14-5-3-11-2-4-13(16)6-12(11)7-14;1-2/h2-7H,1,8-9H2;1-2H3. The molecule has 0 fully saturated rings. The molecule has 0 saturated heterocycles. The molecule has 2 aromatic rings. The van der Waals surface area contributed by atoms with Crippen molar-refractivity contribution in [2.45, 2.75) is 13.8 Å². The van der Waals surface area contributed by atoms with Gasteiger partial charge < -0.3 is 4.74 Å². The maximum absolute atomic E-state index is 13.1. The number of benzene rings is 2. The van der Waals surface area contributed by atoms with Gasteiger partial charge in [-0.2, -0.15) is 0 Å². The molecule has 0 amide bonds. The third kappa shape index (κ3) is 4.56. The zero-order chi connectivity index (χ0) is 14.3. The Kier molecular flexibility index (Phi) is 6.37. The lowest BCUT2D eigenvalue weighted by atomic mass is 10.1. The molecule has 0 saturated carbocycles. The van der Waals surface area contributed by atoms with E-state index in [1.54, 1.807) is 12.1 Å². The van der Waals surface area contributed by atoms with Gasteiger partial charge in [-0.3, -0.25) is 0 Å².